The second kappa shape index (κ2) is 11.8. The van der Waals surface area contributed by atoms with Crippen LogP contribution in [0.5, 0.6) is 5.75 Å². The molecular formula is C20H30N4O6. The lowest BCUT2D eigenvalue weighted by molar-refractivity contribution is -0.138. The van der Waals surface area contributed by atoms with E-state index in [-0.39, 0.29) is 18.1 Å². The molecule has 1 aromatic carbocycles. The lowest BCUT2D eigenvalue weighted by Crippen LogP contribution is -2.55. The van der Waals surface area contributed by atoms with E-state index in [9.17, 15) is 24.3 Å². The van der Waals surface area contributed by atoms with E-state index in [0.717, 1.165) is 5.56 Å². The standard InChI is InChI=1S/C20H30N4O6/c1-11(2)8-16(20(30)22-10-17(26)27)24-18(28)12(3)23-19(29)15(21)9-13-4-6-14(25)7-5-13/h4-7,11-12,15-16,25H,8-10,21H2,1-3H3,(H,22,30)(H,23,29)(H,24,28)(H,26,27). The molecule has 166 valence electrons. The fourth-order valence-corrected chi connectivity index (χ4v) is 2.65. The third-order valence-electron chi connectivity index (χ3n) is 4.23. The number of aromatic hydroxyl groups is 1. The lowest BCUT2D eigenvalue weighted by Gasteiger charge is -2.23. The molecular weight excluding hydrogens is 392 g/mol. The van der Waals surface area contributed by atoms with Gasteiger partial charge in [-0.1, -0.05) is 26.0 Å². The highest BCUT2D eigenvalue weighted by molar-refractivity contribution is 5.93. The molecule has 0 aliphatic heterocycles. The van der Waals surface area contributed by atoms with Gasteiger partial charge < -0.3 is 31.9 Å². The van der Waals surface area contributed by atoms with Crippen LogP contribution in [0, 0.1) is 5.92 Å². The van der Waals surface area contributed by atoms with Crippen LogP contribution in [0.3, 0.4) is 0 Å². The summed E-state index contributed by atoms with van der Waals surface area (Å²) >= 11 is 0. The first-order valence-electron chi connectivity index (χ1n) is 9.63. The average molecular weight is 422 g/mol. The van der Waals surface area contributed by atoms with E-state index in [1.807, 2.05) is 13.8 Å². The van der Waals surface area contributed by atoms with Crippen molar-refractivity contribution in [1.29, 1.82) is 0 Å². The Labute approximate surface area is 175 Å². The number of phenolic OH excluding ortho intramolecular Hbond substituents is 1. The zero-order chi connectivity index (χ0) is 22.8. The molecule has 1 aromatic rings. The van der Waals surface area contributed by atoms with Crippen LogP contribution in [-0.2, 0) is 25.6 Å². The van der Waals surface area contributed by atoms with Gasteiger partial charge in [0.2, 0.25) is 17.7 Å². The molecule has 3 atom stereocenters. The van der Waals surface area contributed by atoms with E-state index in [2.05, 4.69) is 16.0 Å². The summed E-state index contributed by atoms with van der Waals surface area (Å²) in [5.41, 5.74) is 6.64. The molecule has 0 radical (unpaired) electrons. The van der Waals surface area contributed by atoms with Crippen LogP contribution in [0.15, 0.2) is 24.3 Å². The molecule has 10 nitrogen and oxygen atoms in total. The number of carbonyl (C=O) groups is 4. The minimum atomic E-state index is -1.19. The number of carboxylic acids is 1. The molecule has 0 aromatic heterocycles. The second-order valence-corrected chi connectivity index (χ2v) is 7.51. The third-order valence-corrected chi connectivity index (χ3v) is 4.23. The highest BCUT2D eigenvalue weighted by Gasteiger charge is 2.26. The number of carbonyl (C=O) groups excluding carboxylic acids is 3. The first-order valence-corrected chi connectivity index (χ1v) is 9.63. The summed E-state index contributed by atoms with van der Waals surface area (Å²) in [5, 5.41) is 25.3. The number of aliphatic carboxylic acids is 1. The van der Waals surface area contributed by atoms with Gasteiger partial charge in [-0.05, 0) is 43.4 Å². The molecule has 1 rings (SSSR count). The van der Waals surface area contributed by atoms with Crippen LogP contribution in [0.2, 0.25) is 0 Å². The number of amides is 3. The summed E-state index contributed by atoms with van der Waals surface area (Å²) in [6, 6.07) is 3.47. The Morgan fingerprint density at radius 2 is 1.57 bits per heavy atom. The molecule has 0 saturated heterocycles. The number of phenols is 1. The first kappa shape index (κ1) is 24.9. The van der Waals surface area contributed by atoms with Gasteiger partial charge in [0.15, 0.2) is 0 Å². The maximum Gasteiger partial charge on any atom is 0.322 e. The molecule has 0 aliphatic rings. The molecule has 0 spiro atoms. The lowest BCUT2D eigenvalue weighted by atomic mass is 10.0. The van der Waals surface area contributed by atoms with Gasteiger partial charge in [0.05, 0.1) is 6.04 Å². The van der Waals surface area contributed by atoms with Crippen LogP contribution in [0.25, 0.3) is 0 Å². The predicted octanol–water partition coefficient (Wildman–Crippen LogP) is -0.502. The monoisotopic (exact) mass is 422 g/mol. The highest BCUT2D eigenvalue weighted by atomic mass is 16.4. The Kier molecular flexibility index (Phi) is 9.76. The summed E-state index contributed by atoms with van der Waals surface area (Å²) in [5.74, 6) is -2.76. The van der Waals surface area contributed by atoms with Crippen molar-refractivity contribution in [3.8, 4) is 5.75 Å². The van der Waals surface area contributed by atoms with Gasteiger partial charge in [-0.15, -0.1) is 0 Å². The molecule has 10 heteroatoms. The second-order valence-electron chi connectivity index (χ2n) is 7.51. The minimum Gasteiger partial charge on any atom is -0.508 e. The number of hydrogen-bond donors (Lipinski definition) is 6. The molecule has 0 aliphatic carbocycles. The van der Waals surface area contributed by atoms with Crippen molar-refractivity contribution >= 4 is 23.7 Å². The van der Waals surface area contributed by atoms with Crippen molar-refractivity contribution < 1.29 is 29.4 Å². The Balaban J connectivity index is 2.64. The van der Waals surface area contributed by atoms with Crippen LogP contribution >= 0.6 is 0 Å². The summed E-state index contributed by atoms with van der Waals surface area (Å²) in [7, 11) is 0. The van der Waals surface area contributed by atoms with Crippen molar-refractivity contribution in [2.24, 2.45) is 11.7 Å². The molecule has 0 bridgehead atoms. The maximum atomic E-state index is 12.4. The van der Waals surface area contributed by atoms with Crippen LogP contribution < -0.4 is 21.7 Å². The SMILES string of the molecule is CC(C)CC(NC(=O)C(C)NC(=O)C(N)Cc1ccc(O)cc1)C(=O)NCC(=O)O. The zero-order valence-corrected chi connectivity index (χ0v) is 17.3. The number of nitrogens with two attached hydrogens (primary N) is 1. The summed E-state index contributed by atoms with van der Waals surface area (Å²) in [4.78, 5) is 47.6. The average Bonchev–Trinajstić information content (AvgIpc) is 2.66. The van der Waals surface area contributed by atoms with Crippen LogP contribution in [0.1, 0.15) is 32.8 Å². The Hall–Kier alpha value is -3.14. The van der Waals surface area contributed by atoms with Gasteiger partial charge in [-0.2, -0.15) is 0 Å². The van der Waals surface area contributed by atoms with Crippen LogP contribution in [-0.4, -0.2) is 58.6 Å². The van der Waals surface area contributed by atoms with Crippen LogP contribution in [0.4, 0.5) is 0 Å². The maximum absolute atomic E-state index is 12.4. The molecule has 30 heavy (non-hydrogen) atoms. The number of rotatable bonds is 11. The number of carboxylic acid groups (broad SMARTS) is 1. The van der Waals surface area contributed by atoms with E-state index in [4.69, 9.17) is 10.8 Å². The number of benzene rings is 1. The number of nitrogens with one attached hydrogen (secondary N) is 3. The van der Waals surface area contributed by atoms with Gasteiger partial charge in [-0.3, -0.25) is 19.2 Å². The van der Waals surface area contributed by atoms with Crippen molar-refractivity contribution in [3.63, 3.8) is 0 Å². The van der Waals surface area contributed by atoms with Crippen molar-refractivity contribution in [3.05, 3.63) is 29.8 Å². The summed E-state index contributed by atoms with van der Waals surface area (Å²) in [6.45, 7) is 4.62. The van der Waals surface area contributed by atoms with Gasteiger partial charge in [0.1, 0.15) is 24.4 Å². The molecule has 0 saturated carbocycles. The topological polar surface area (TPSA) is 171 Å². The summed E-state index contributed by atoms with van der Waals surface area (Å²) < 4.78 is 0. The van der Waals surface area contributed by atoms with E-state index < -0.39 is 48.4 Å². The van der Waals surface area contributed by atoms with Crippen molar-refractivity contribution in [2.75, 3.05) is 6.54 Å². The molecule has 3 amide bonds. The fourth-order valence-electron chi connectivity index (χ4n) is 2.65. The molecule has 7 N–H and O–H groups in total. The largest absolute Gasteiger partial charge is 0.508 e. The van der Waals surface area contributed by atoms with Crippen molar-refractivity contribution in [1.82, 2.24) is 16.0 Å². The van der Waals surface area contributed by atoms with Gasteiger partial charge >= 0.3 is 5.97 Å². The normalized spacial score (nSPS) is 13.8. The zero-order valence-electron chi connectivity index (χ0n) is 17.3. The van der Waals surface area contributed by atoms with Gasteiger partial charge in [-0.25, -0.2) is 0 Å². The number of hydrogen-bond acceptors (Lipinski definition) is 6. The molecule has 0 fully saturated rings. The Bertz CT molecular complexity index is 750. The highest BCUT2D eigenvalue weighted by Crippen LogP contribution is 2.11. The Morgan fingerprint density at radius 1 is 0.967 bits per heavy atom. The van der Waals surface area contributed by atoms with Crippen molar-refractivity contribution in [2.45, 2.75) is 51.7 Å². The molecule has 0 heterocycles. The minimum absolute atomic E-state index is 0.0644. The van der Waals surface area contributed by atoms with E-state index >= 15 is 0 Å². The van der Waals surface area contributed by atoms with E-state index in [0.29, 0.717) is 6.42 Å². The van der Waals surface area contributed by atoms with E-state index in [1.165, 1.54) is 19.1 Å². The smallest absolute Gasteiger partial charge is 0.322 e. The molecule has 3 unspecified atom stereocenters. The quantitative estimate of drug-likeness (QED) is 0.279. The fraction of sp³-hybridized carbons (Fsp3) is 0.500. The summed E-state index contributed by atoms with van der Waals surface area (Å²) in [6.07, 6.45) is 0.520. The van der Waals surface area contributed by atoms with Gasteiger partial charge in [0.25, 0.3) is 0 Å². The first-order chi connectivity index (χ1) is 14.0. The Morgan fingerprint density at radius 3 is 2.10 bits per heavy atom. The third kappa shape index (κ3) is 8.91. The van der Waals surface area contributed by atoms with Gasteiger partial charge in [0, 0.05) is 0 Å². The predicted molar refractivity (Wildman–Crippen MR) is 109 cm³/mol. The van der Waals surface area contributed by atoms with E-state index in [1.54, 1.807) is 12.1 Å².